The van der Waals surface area contributed by atoms with Gasteiger partial charge in [0.2, 0.25) is 0 Å². The highest BCUT2D eigenvalue weighted by molar-refractivity contribution is 6.31. The molecule has 0 unspecified atom stereocenters. The van der Waals surface area contributed by atoms with Crippen LogP contribution >= 0.6 is 11.6 Å². The molecule has 0 saturated heterocycles. The van der Waals surface area contributed by atoms with Gasteiger partial charge in [-0.05, 0) is 24.6 Å². The van der Waals surface area contributed by atoms with Crippen molar-refractivity contribution in [1.29, 1.82) is 0 Å². The van der Waals surface area contributed by atoms with Gasteiger partial charge < -0.3 is 9.84 Å². The third kappa shape index (κ3) is 12.0. The fraction of sp³-hybridized carbons (Fsp3) is 0.696. The quantitative estimate of drug-likeness (QED) is 0.272. The highest BCUT2D eigenvalue weighted by Gasteiger charge is 2.11. The van der Waals surface area contributed by atoms with Crippen molar-refractivity contribution in [3.8, 4) is 5.75 Å². The zero-order chi connectivity index (χ0) is 19.7. The summed E-state index contributed by atoms with van der Waals surface area (Å²) in [6.07, 6.45) is 18.4. The standard InChI is InChI=1S/C23H37ClO3/c1-2-3-4-5-6-7-8-9-10-11-12-13-14-15-18-27-22-17-16-20(24)19-21(22)23(25)26/h16-17,19H,2-15,18H2,1H3,(H,25,26). The van der Waals surface area contributed by atoms with Crippen LogP contribution in [0.15, 0.2) is 18.2 Å². The molecule has 4 heteroatoms. The second-order valence-corrected chi connectivity index (χ2v) is 7.83. The first-order valence-corrected chi connectivity index (χ1v) is 11.2. The predicted octanol–water partition coefficient (Wildman–Crippen LogP) is 7.90. The average molecular weight is 397 g/mol. The number of halogens is 1. The van der Waals surface area contributed by atoms with Crippen molar-refractivity contribution >= 4 is 17.6 Å². The molecule has 1 aromatic carbocycles. The molecule has 1 aromatic rings. The van der Waals surface area contributed by atoms with Gasteiger partial charge in [-0.15, -0.1) is 0 Å². The van der Waals surface area contributed by atoms with Gasteiger partial charge in [-0.25, -0.2) is 4.79 Å². The number of ether oxygens (including phenoxy) is 1. The minimum Gasteiger partial charge on any atom is -0.493 e. The smallest absolute Gasteiger partial charge is 0.339 e. The average Bonchev–Trinajstić information content (AvgIpc) is 2.65. The van der Waals surface area contributed by atoms with Crippen molar-refractivity contribution in [1.82, 2.24) is 0 Å². The van der Waals surface area contributed by atoms with Crippen molar-refractivity contribution in [3.05, 3.63) is 28.8 Å². The zero-order valence-corrected chi connectivity index (χ0v) is 17.7. The molecular weight excluding hydrogens is 360 g/mol. The lowest BCUT2D eigenvalue weighted by Crippen LogP contribution is -2.04. The van der Waals surface area contributed by atoms with E-state index in [1.165, 1.54) is 83.1 Å². The third-order valence-electron chi connectivity index (χ3n) is 4.93. The summed E-state index contributed by atoms with van der Waals surface area (Å²) < 4.78 is 5.62. The number of hydrogen-bond donors (Lipinski definition) is 1. The van der Waals surface area contributed by atoms with Crippen LogP contribution in [-0.2, 0) is 0 Å². The lowest BCUT2D eigenvalue weighted by atomic mass is 10.0. The zero-order valence-electron chi connectivity index (χ0n) is 17.0. The maximum Gasteiger partial charge on any atom is 0.339 e. The van der Waals surface area contributed by atoms with Crippen molar-refractivity contribution in [3.63, 3.8) is 0 Å². The Labute approximate surface area is 170 Å². The molecule has 1 N–H and O–H groups in total. The van der Waals surface area contributed by atoms with Gasteiger partial charge in [-0.1, -0.05) is 102 Å². The molecule has 1 rings (SSSR count). The SMILES string of the molecule is CCCCCCCCCCCCCCCCOc1ccc(Cl)cc1C(=O)O. The van der Waals surface area contributed by atoms with Crippen molar-refractivity contribution < 1.29 is 14.6 Å². The second-order valence-electron chi connectivity index (χ2n) is 7.39. The minimum atomic E-state index is -1.01. The molecule has 0 aliphatic carbocycles. The molecule has 0 saturated carbocycles. The van der Waals surface area contributed by atoms with Gasteiger partial charge in [0, 0.05) is 5.02 Å². The van der Waals surface area contributed by atoms with Crippen LogP contribution in [0.4, 0.5) is 0 Å². The summed E-state index contributed by atoms with van der Waals surface area (Å²) in [6.45, 7) is 2.82. The molecule has 0 spiro atoms. The van der Waals surface area contributed by atoms with Crippen molar-refractivity contribution in [2.45, 2.75) is 96.8 Å². The third-order valence-corrected chi connectivity index (χ3v) is 5.16. The molecule has 0 fully saturated rings. The Hall–Kier alpha value is -1.22. The first kappa shape index (κ1) is 23.8. The first-order chi connectivity index (χ1) is 13.1. The van der Waals surface area contributed by atoms with E-state index in [0.717, 1.165) is 12.8 Å². The summed E-state index contributed by atoms with van der Waals surface area (Å²) in [5.41, 5.74) is 0.132. The summed E-state index contributed by atoms with van der Waals surface area (Å²) >= 11 is 5.84. The van der Waals surface area contributed by atoms with E-state index in [2.05, 4.69) is 6.92 Å². The Morgan fingerprint density at radius 1 is 0.852 bits per heavy atom. The monoisotopic (exact) mass is 396 g/mol. The number of carbonyl (C=O) groups is 1. The van der Waals surface area contributed by atoms with Gasteiger partial charge in [-0.3, -0.25) is 0 Å². The van der Waals surface area contributed by atoms with Crippen LogP contribution in [0.25, 0.3) is 0 Å². The van der Waals surface area contributed by atoms with Crippen LogP contribution in [0.1, 0.15) is 107 Å². The van der Waals surface area contributed by atoms with E-state index in [1.54, 1.807) is 12.1 Å². The topological polar surface area (TPSA) is 46.5 Å². The molecule has 0 bridgehead atoms. The summed E-state index contributed by atoms with van der Waals surface area (Å²) in [6, 6.07) is 4.73. The number of aromatic carboxylic acids is 1. The Morgan fingerprint density at radius 3 is 1.81 bits per heavy atom. The maximum absolute atomic E-state index is 11.2. The Morgan fingerprint density at radius 2 is 1.33 bits per heavy atom. The number of hydrogen-bond acceptors (Lipinski definition) is 2. The predicted molar refractivity (Wildman–Crippen MR) is 114 cm³/mol. The molecule has 0 atom stereocenters. The fourth-order valence-corrected chi connectivity index (χ4v) is 3.45. The highest BCUT2D eigenvalue weighted by Crippen LogP contribution is 2.23. The molecule has 3 nitrogen and oxygen atoms in total. The van der Waals surface area contributed by atoms with Crippen LogP contribution in [-0.4, -0.2) is 17.7 Å². The molecule has 27 heavy (non-hydrogen) atoms. The summed E-state index contributed by atoms with van der Waals surface area (Å²) in [5.74, 6) is -0.602. The molecule has 0 amide bonds. The van der Waals surface area contributed by atoms with E-state index in [0.29, 0.717) is 17.4 Å². The van der Waals surface area contributed by atoms with E-state index < -0.39 is 5.97 Å². The van der Waals surface area contributed by atoms with E-state index in [4.69, 9.17) is 16.3 Å². The number of unbranched alkanes of at least 4 members (excludes halogenated alkanes) is 13. The summed E-state index contributed by atoms with van der Waals surface area (Å²) in [4.78, 5) is 11.2. The fourth-order valence-electron chi connectivity index (χ4n) is 3.27. The van der Waals surface area contributed by atoms with E-state index in [1.807, 2.05) is 0 Å². The maximum atomic E-state index is 11.2. The van der Waals surface area contributed by atoms with Gasteiger partial charge in [0.25, 0.3) is 0 Å². The molecule has 0 aliphatic heterocycles. The van der Waals surface area contributed by atoms with Crippen LogP contribution in [0.3, 0.4) is 0 Å². The Bertz CT molecular complexity index is 516. The summed E-state index contributed by atoms with van der Waals surface area (Å²) in [5, 5.41) is 9.59. The first-order valence-electron chi connectivity index (χ1n) is 10.8. The summed E-state index contributed by atoms with van der Waals surface area (Å²) in [7, 11) is 0. The molecular formula is C23H37ClO3. The van der Waals surface area contributed by atoms with Crippen LogP contribution in [0, 0.1) is 0 Å². The van der Waals surface area contributed by atoms with E-state index >= 15 is 0 Å². The molecule has 0 aromatic heterocycles. The number of carboxylic acids is 1. The number of rotatable bonds is 17. The van der Waals surface area contributed by atoms with Gasteiger partial charge >= 0.3 is 5.97 Å². The van der Waals surface area contributed by atoms with Gasteiger partial charge in [0.15, 0.2) is 0 Å². The van der Waals surface area contributed by atoms with Gasteiger partial charge in [0.1, 0.15) is 11.3 Å². The molecule has 0 heterocycles. The van der Waals surface area contributed by atoms with E-state index in [-0.39, 0.29) is 5.56 Å². The minimum absolute atomic E-state index is 0.132. The van der Waals surface area contributed by atoms with Gasteiger partial charge in [-0.2, -0.15) is 0 Å². The number of benzene rings is 1. The Balaban J connectivity index is 1.93. The lowest BCUT2D eigenvalue weighted by molar-refractivity contribution is 0.0692. The number of carboxylic acid groups (broad SMARTS) is 1. The van der Waals surface area contributed by atoms with Gasteiger partial charge in [0.05, 0.1) is 6.61 Å². The van der Waals surface area contributed by atoms with Crippen LogP contribution in [0.2, 0.25) is 5.02 Å². The van der Waals surface area contributed by atoms with Crippen LogP contribution in [0.5, 0.6) is 5.75 Å². The highest BCUT2D eigenvalue weighted by atomic mass is 35.5. The Kier molecular flexibility index (Phi) is 13.9. The molecule has 154 valence electrons. The molecule has 0 radical (unpaired) electrons. The van der Waals surface area contributed by atoms with Crippen LogP contribution < -0.4 is 4.74 Å². The lowest BCUT2D eigenvalue weighted by Gasteiger charge is -2.09. The van der Waals surface area contributed by atoms with E-state index in [9.17, 15) is 9.90 Å². The van der Waals surface area contributed by atoms with Crippen molar-refractivity contribution in [2.75, 3.05) is 6.61 Å². The second kappa shape index (κ2) is 15.8. The molecule has 0 aliphatic rings. The normalized spacial score (nSPS) is 10.9. The van der Waals surface area contributed by atoms with Crippen molar-refractivity contribution in [2.24, 2.45) is 0 Å². The largest absolute Gasteiger partial charge is 0.493 e.